The van der Waals surface area contributed by atoms with E-state index in [1.54, 1.807) is 0 Å². The van der Waals surface area contributed by atoms with Crippen LogP contribution in [0.15, 0.2) is 22.7 Å². The smallest absolute Gasteiger partial charge is 0.370 e. The highest BCUT2D eigenvalue weighted by Gasteiger charge is 2.32. The van der Waals surface area contributed by atoms with Gasteiger partial charge in [0, 0.05) is 17.6 Å². The third-order valence-corrected chi connectivity index (χ3v) is 3.90. The molecule has 6 heteroatoms. The van der Waals surface area contributed by atoms with Gasteiger partial charge >= 0.3 is 6.18 Å². The number of hydrogen-bond acceptors (Lipinski definition) is 2. The summed E-state index contributed by atoms with van der Waals surface area (Å²) < 4.78 is 38.7. The second-order valence-electron chi connectivity index (χ2n) is 4.50. The number of benzene rings is 1. The maximum absolute atomic E-state index is 12.7. The van der Waals surface area contributed by atoms with Crippen molar-refractivity contribution in [2.45, 2.75) is 12.6 Å². The van der Waals surface area contributed by atoms with Crippen molar-refractivity contribution in [2.75, 3.05) is 24.5 Å². The topological polar surface area (TPSA) is 29.3 Å². The second-order valence-corrected chi connectivity index (χ2v) is 5.35. The zero-order valence-corrected chi connectivity index (χ0v) is 11.3. The fraction of sp³-hybridized carbons (Fsp3) is 0.500. The van der Waals surface area contributed by atoms with Crippen molar-refractivity contribution in [1.82, 2.24) is 0 Å². The van der Waals surface area contributed by atoms with E-state index in [2.05, 4.69) is 15.9 Å². The lowest BCUT2D eigenvalue weighted by Gasteiger charge is -2.21. The molecule has 0 bridgehead atoms. The van der Waals surface area contributed by atoms with Crippen molar-refractivity contribution in [3.8, 4) is 0 Å². The molecule has 0 saturated carbocycles. The fourth-order valence-electron chi connectivity index (χ4n) is 2.18. The van der Waals surface area contributed by atoms with E-state index in [1.807, 2.05) is 4.90 Å². The first kappa shape index (κ1) is 13.7. The molecule has 1 aliphatic heterocycles. The number of hydrogen-bond donors (Lipinski definition) is 1. The Morgan fingerprint density at radius 2 is 2.11 bits per heavy atom. The van der Waals surface area contributed by atoms with Crippen LogP contribution in [0.4, 0.5) is 18.9 Å². The molecule has 1 heterocycles. The molecule has 0 aromatic heterocycles. The van der Waals surface area contributed by atoms with Crippen LogP contribution in [-0.2, 0) is 6.18 Å². The molecule has 1 unspecified atom stereocenters. The molecule has 0 spiro atoms. The van der Waals surface area contributed by atoms with Gasteiger partial charge < -0.3 is 10.6 Å². The lowest BCUT2D eigenvalue weighted by Crippen LogP contribution is -2.23. The number of anilines is 1. The van der Waals surface area contributed by atoms with Gasteiger partial charge in [-0.25, -0.2) is 0 Å². The molecule has 1 saturated heterocycles. The van der Waals surface area contributed by atoms with Gasteiger partial charge in [0.15, 0.2) is 0 Å². The molecule has 0 aliphatic carbocycles. The molecule has 100 valence electrons. The molecule has 1 aliphatic rings. The van der Waals surface area contributed by atoms with E-state index >= 15 is 0 Å². The zero-order chi connectivity index (χ0) is 13.3. The number of nitrogens with two attached hydrogens (primary N) is 1. The summed E-state index contributed by atoms with van der Waals surface area (Å²) in [6.45, 7) is 2.05. The quantitative estimate of drug-likeness (QED) is 0.905. The molecule has 1 aromatic carbocycles. The van der Waals surface area contributed by atoms with Crippen LogP contribution in [0.2, 0.25) is 0 Å². The minimum atomic E-state index is -4.30. The molecule has 2 rings (SSSR count). The summed E-state index contributed by atoms with van der Waals surface area (Å²) in [6, 6.07) is 3.74. The third kappa shape index (κ3) is 2.80. The highest BCUT2D eigenvalue weighted by Crippen LogP contribution is 2.37. The summed E-state index contributed by atoms with van der Waals surface area (Å²) in [5.74, 6) is 0.367. The molecule has 1 aromatic rings. The number of halogens is 4. The van der Waals surface area contributed by atoms with Gasteiger partial charge in [0.05, 0.1) is 11.3 Å². The van der Waals surface area contributed by atoms with Crippen molar-refractivity contribution >= 4 is 21.6 Å². The highest BCUT2D eigenvalue weighted by molar-refractivity contribution is 9.10. The molecule has 1 fully saturated rings. The van der Waals surface area contributed by atoms with Gasteiger partial charge in [0.25, 0.3) is 0 Å². The van der Waals surface area contributed by atoms with Crippen molar-refractivity contribution < 1.29 is 13.2 Å². The molecular weight excluding hydrogens is 309 g/mol. The molecule has 18 heavy (non-hydrogen) atoms. The normalized spacial score (nSPS) is 20.5. The Kier molecular flexibility index (Phi) is 3.87. The summed E-state index contributed by atoms with van der Waals surface area (Å²) in [4.78, 5) is 1.96. The van der Waals surface area contributed by atoms with E-state index in [9.17, 15) is 13.2 Å². The Labute approximate surface area is 112 Å². The van der Waals surface area contributed by atoms with Crippen LogP contribution in [-0.4, -0.2) is 19.6 Å². The van der Waals surface area contributed by atoms with Crippen LogP contribution >= 0.6 is 15.9 Å². The molecule has 0 amide bonds. The van der Waals surface area contributed by atoms with E-state index in [4.69, 9.17) is 5.73 Å². The summed E-state index contributed by atoms with van der Waals surface area (Å²) in [5.41, 5.74) is 5.58. The van der Waals surface area contributed by atoms with Crippen molar-refractivity contribution in [2.24, 2.45) is 11.7 Å². The Bertz CT molecular complexity index is 434. The van der Waals surface area contributed by atoms with E-state index in [0.717, 1.165) is 25.6 Å². The SMILES string of the molecule is NCC1CCN(c2cc(C(F)(F)F)ccc2Br)C1. The highest BCUT2D eigenvalue weighted by atomic mass is 79.9. The third-order valence-electron chi connectivity index (χ3n) is 3.23. The number of alkyl halides is 3. The summed E-state index contributed by atoms with van der Waals surface area (Å²) in [7, 11) is 0. The Balaban J connectivity index is 2.27. The van der Waals surface area contributed by atoms with Gasteiger partial charge in [-0.05, 0) is 53.0 Å². The van der Waals surface area contributed by atoms with E-state index < -0.39 is 11.7 Å². The Hall–Kier alpha value is -0.750. The summed E-state index contributed by atoms with van der Waals surface area (Å²) in [5, 5.41) is 0. The van der Waals surface area contributed by atoms with Crippen molar-refractivity contribution in [3.63, 3.8) is 0 Å². The fourth-order valence-corrected chi connectivity index (χ4v) is 2.67. The van der Waals surface area contributed by atoms with E-state index in [0.29, 0.717) is 22.6 Å². The Morgan fingerprint density at radius 3 is 2.67 bits per heavy atom. The number of nitrogens with zero attached hydrogens (tertiary/aromatic N) is 1. The zero-order valence-electron chi connectivity index (χ0n) is 9.67. The summed E-state index contributed by atoms with van der Waals surface area (Å²) >= 11 is 3.31. The van der Waals surface area contributed by atoms with Crippen LogP contribution in [0.1, 0.15) is 12.0 Å². The summed E-state index contributed by atoms with van der Waals surface area (Å²) in [6.07, 6.45) is -3.37. The van der Waals surface area contributed by atoms with Crippen LogP contribution in [0.5, 0.6) is 0 Å². The van der Waals surface area contributed by atoms with Gasteiger partial charge in [0.1, 0.15) is 0 Å². The lowest BCUT2D eigenvalue weighted by atomic mass is 10.1. The first-order valence-corrected chi connectivity index (χ1v) is 6.53. The van der Waals surface area contributed by atoms with Gasteiger partial charge in [-0.3, -0.25) is 0 Å². The first-order valence-electron chi connectivity index (χ1n) is 5.73. The lowest BCUT2D eigenvalue weighted by molar-refractivity contribution is -0.137. The number of rotatable bonds is 2. The maximum Gasteiger partial charge on any atom is 0.416 e. The largest absolute Gasteiger partial charge is 0.416 e. The minimum absolute atomic E-state index is 0.367. The second kappa shape index (κ2) is 5.09. The molecule has 1 atom stereocenters. The predicted molar refractivity (Wildman–Crippen MR) is 68.5 cm³/mol. The average molecular weight is 323 g/mol. The average Bonchev–Trinajstić information content (AvgIpc) is 2.76. The van der Waals surface area contributed by atoms with Gasteiger partial charge in [-0.1, -0.05) is 0 Å². The van der Waals surface area contributed by atoms with Crippen LogP contribution in [0.3, 0.4) is 0 Å². The van der Waals surface area contributed by atoms with Gasteiger partial charge in [-0.2, -0.15) is 13.2 Å². The maximum atomic E-state index is 12.7. The Morgan fingerprint density at radius 1 is 1.39 bits per heavy atom. The molecule has 2 nitrogen and oxygen atoms in total. The molecule has 0 radical (unpaired) electrons. The van der Waals surface area contributed by atoms with Gasteiger partial charge in [0.2, 0.25) is 0 Å². The standard InChI is InChI=1S/C12H14BrF3N2/c13-10-2-1-9(12(14,15)16)5-11(10)18-4-3-8(6-17)7-18/h1-2,5,8H,3-4,6-7,17H2. The minimum Gasteiger partial charge on any atom is -0.370 e. The molecular formula is C12H14BrF3N2. The van der Waals surface area contributed by atoms with Crippen molar-refractivity contribution in [1.29, 1.82) is 0 Å². The first-order chi connectivity index (χ1) is 8.41. The van der Waals surface area contributed by atoms with Crippen LogP contribution < -0.4 is 10.6 Å². The predicted octanol–water partition coefficient (Wildman–Crippen LogP) is 3.25. The van der Waals surface area contributed by atoms with Gasteiger partial charge in [-0.15, -0.1) is 0 Å². The molecule has 2 N–H and O–H groups in total. The van der Waals surface area contributed by atoms with Crippen LogP contribution in [0, 0.1) is 5.92 Å². The monoisotopic (exact) mass is 322 g/mol. The van der Waals surface area contributed by atoms with Crippen LogP contribution in [0.25, 0.3) is 0 Å². The van der Waals surface area contributed by atoms with E-state index in [1.165, 1.54) is 12.1 Å². The van der Waals surface area contributed by atoms with Crippen molar-refractivity contribution in [3.05, 3.63) is 28.2 Å². The van der Waals surface area contributed by atoms with E-state index in [-0.39, 0.29) is 0 Å².